The summed E-state index contributed by atoms with van der Waals surface area (Å²) >= 11 is 0. The number of methoxy groups -OCH3 is 1. The topological polar surface area (TPSA) is 33.6 Å². The molecule has 0 fully saturated rings. The van der Waals surface area contributed by atoms with E-state index in [2.05, 4.69) is 75.5 Å². The molecule has 2 aromatic rings. The van der Waals surface area contributed by atoms with Gasteiger partial charge in [0, 0.05) is 11.6 Å². The zero-order valence-corrected chi connectivity index (χ0v) is 16.3. The maximum absolute atomic E-state index is 5.31. The Hall–Kier alpha value is -2.55. The Kier molecular flexibility index (Phi) is 5.17. The molecule has 1 N–H and O–H groups in total. The fourth-order valence-corrected chi connectivity index (χ4v) is 3.38. The molecule has 0 spiro atoms. The van der Waals surface area contributed by atoms with Crippen LogP contribution >= 0.6 is 0 Å². The molecule has 0 bridgehead atoms. The van der Waals surface area contributed by atoms with E-state index in [9.17, 15) is 0 Å². The van der Waals surface area contributed by atoms with E-state index >= 15 is 0 Å². The van der Waals surface area contributed by atoms with Crippen LogP contribution in [-0.4, -0.2) is 18.5 Å². The molecule has 26 heavy (non-hydrogen) atoms. The molecule has 3 heteroatoms. The predicted octanol–water partition coefficient (Wildman–Crippen LogP) is 5.26. The van der Waals surface area contributed by atoms with Gasteiger partial charge in [-0.3, -0.25) is 4.99 Å². The quantitative estimate of drug-likeness (QED) is 0.821. The number of nitrogens with zero attached hydrogens (tertiary/aromatic N) is 1. The van der Waals surface area contributed by atoms with Crippen molar-refractivity contribution in [3.63, 3.8) is 0 Å². The number of allylic oxidation sites excluding steroid dienone is 1. The molecule has 2 atom stereocenters. The first kappa shape index (κ1) is 18.2. The molecule has 0 amide bonds. The van der Waals surface area contributed by atoms with Crippen LogP contribution in [0.5, 0.6) is 5.75 Å². The highest BCUT2D eigenvalue weighted by atomic mass is 16.5. The Labute approximate surface area is 156 Å². The number of rotatable bonds is 3. The molecule has 2 aromatic carbocycles. The van der Waals surface area contributed by atoms with Gasteiger partial charge in [-0.05, 0) is 49.9 Å². The maximum atomic E-state index is 5.31. The van der Waals surface area contributed by atoms with Crippen molar-refractivity contribution in [2.45, 2.75) is 39.2 Å². The molecule has 1 aliphatic heterocycles. The molecule has 0 aromatic heterocycles. The lowest BCUT2D eigenvalue weighted by Gasteiger charge is -2.33. The molecule has 1 aliphatic rings. The molecule has 0 aliphatic carbocycles. The number of ether oxygens (including phenoxy) is 1. The van der Waals surface area contributed by atoms with Crippen molar-refractivity contribution in [2.24, 2.45) is 10.9 Å². The zero-order valence-electron chi connectivity index (χ0n) is 16.3. The van der Waals surface area contributed by atoms with Gasteiger partial charge >= 0.3 is 0 Å². The minimum atomic E-state index is -0.147. The minimum absolute atomic E-state index is 0.147. The molecular formula is C23H28N2O. The zero-order chi connectivity index (χ0) is 18.7. The molecule has 136 valence electrons. The predicted molar refractivity (Wildman–Crippen MR) is 110 cm³/mol. The van der Waals surface area contributed by atoms with Crippen LogP contribution in [0.25, 0.3) is 5.70 Å². The Balaban J connectivity index is 2.03. The van der Waals surface area contributed by atoms with Gasteiger partial charge in [0.25, 0.3) is 0 Å². The van der Waals surface area contributed by atoms with Crippen molar-refractivity contribution in [2.75, 3.05) is 7.11 Å². The van der Waals surface area contributed by atoms with Crippen LogP contribution < -0.4 is 10.1 Å². The number of hydrogen-bond acceptors (Lipinski definition) is 2. The molecule has 3 rings (SSSR count). The van der Waals surface area contributed by atoms with E-state index in [1.165, 1.54) is 11.1 Å². The Morgan fingerprint density at radius 3 is 2.19 bits per heavy atom. The third-order valence-corrected chi connectivity index (χ3v) is 4.53. The first-order valence-corrected chi connectivity index (χ1v) is 9.15. The maximum Gasteiger partial charge on any atom is 0.118 e. The molecule has 0 radical (unpaired) electrons. The van der Waals surface area contributed by atoms with Gasteiger partial charge in [0.2, 0.25) is 0 Å². The Bertz CT molecular complexity index is 798. The van der Waals surface area contributed by atoms with Gasteiger partial charge in [0.05, 0.1) is 12.6 Å². The molecule has 0 saturated carbocycles. The summed E-state index contributed by atoms with van der Waals surface area (Å²) in [5, 5.41) is 3.61. The van der Waals surface area contributed by atoms with Crippen LogP contribution in [0.3, 0.4) is 0 Å². The highest BCUT2D eigenvalue weighted by Crippen LogP contribution is 2.34. The van der Waals surface area contributed by atoms with Crippen LogP contribution in [0, 0.1) is 5.92 Å². The standard InChI is InChI=1S/C23H28N2O/c1-16-15-20(17-9-7-6-8-10-17)24-22(25-23(2,3)4)21(16)18-11-13-19(26-5)14-12-18/h6-16,21H,1-5H3,(H,24,25). The second kappa shape index (κ2) is 7.36. The summed E-state index contributed by atoms with van der Waals surface area (Å²) in [4.78, 5) is 5.03. The molecule has 3 nitrogen and oxygen atoms in total. The fourth-order valence-electron chi connectivity index (χ4n) is 3.38. The van der Waals surface area contributed by atoms with E-state index in [-0.39, 0.29) is 11.5 Å². The minimum Gasteiger partial charge on any atom is -0.497 e. The second-order valence-corrected chi connectivity index (χ2v) is 7.85. The first-order valence-electron chi connectivity index (χ1n) is 9.15. The van der Waals surface area contributed by atoms with Gasteiger partial charge < -0.3 is 10.1 Å². The summed E-state index contributed by atoms with van der Waals surface area (Å²) in [6.45, 7) is 8.67. The van der Waals surface area contributed by atoms with Crippen molar-refractivity contribution < 1.29 is 4.74 Å². The van der Waals surface area contributed by atoms with Gasteiger partial charge in [0.15, 0.2) is 0 Å². The van der Waals surface area contributed by atoms with Gasteiger partial charge in [-0.25, -0.2) is 0 Å². The average Bonchev–Trinajstić information content (AvgIpc) is 2.61. The monoisotopic (exact) mass is 348 g/mol. The SMILES string of the molecule is COc1ccc(C2C(=NC(C)(C)C)NC(c3ccccc3)=CC2C)cc1. The van der Waals surface area contributed by atoms with Gasteiger partial charge in [0.1, 0.15) is 11.6 Å². The summed E-state index contributed by atoms with van der Waals surface area (Å²) < 4.78 is 5.31. The highest BCUT2D eigenvalue weighted by Gasteiger charge is 2.30. The van der Waals surface area contributed by atoms with Gasteiger partial charge in [-0.2, -0.15) is 0 Å². The number of amidine groups is 1. The Morgan fingerprint density at radius 1 is 0.962 bits per heavy atom. The number of hydrogen-bond donors (Lipinski definition) is 1. The van der Waals surface area contributed by atoms with Crippen LogP contribution in [-0.2, 0) is 0 Å². The Morgan fingerprint density at radius 2 is 1.62 bits per heavy atom. The third-order valence-electron chi connectivity index (χ3n) is 4.53. The fraction of sp³-hybridized carbons (Fsp3) is 0.348. The van der Waals surface area contributed by atoms with Crippen molar-refractivity contribution in [1.82, 2.24) is 5.32 Å². The van der Waals surface area contributed by atoms with E-state index in [0.717, 1.165) is 17.3 Å². The van der Waals surface area contributed by atoms with E-state index in [1.807, 2.05) is 18.2 Å². The van der Waals surface area contributed by atoms with Crippen molar-refractivity contribution in [1.29, 1.82) is 0 Å². The molecule has 2 unspecified atom stereocenters. The van der Waals surface area contributed by atoms with Gasteiger partial charge in [-0.1, -0.05) is 55.5 Å². The molecular weight excluding hydrogens is 320 g/mol. The lowest BCUT2D eigenvalue weighted by Crippen LogP contribution is -2.38. The van der Waals surface area contributed by atoms with Crippen LogP contribution in [0.15, 0.2) is 65.7 Å². The van der Waals surface area contributed by atoms with E-state index in [4.69, 9.17) is 9.73 Å². The normalized spacial score (nSPS) is 21.9. The van der Waals surface area contributed by atoms with Gasteiger partial charge in [-0.15, -0.1) is 0 Å². The number of aliphatic imine (C=N–C) groups is 1. The van der Waals surface area contributed by atoms with Crippen LogP contribution in [0.4, 0.5) is 0 Å². The second-order valence-electron chi connectivity index (χ2n) is 7.85. The number of benzene rings is 2. The van der Waals surface area contributed by atoms with E-state index in [0.29, 0.717) is 5.92 Å². The smallest absolute Gasteiger partial charge is 0.118 e. The molecule has 1 heterocycles. The van der Waals surface area contributed by atoms with Crippen molar-refractivity contribution in [3.8, 4) is 5.75 Å². The highest BCUT2D eigenvalue weighted by molar-refractivity contribution is 5.98. The lowest BCUT2D eigenvalue weighted by atomic mass is 9.82. The lowest BCUT2D eigenvalue weighted by molar-refractivity contribution is 0.414. The summed E-state index contributed by atoms with van der Waals surface area (Å²) in [6.07, 6.45) is 2.31. The summed E-state index contributed by atoms with van der Waals surface area (Å²) in [7, 11) is 1.70. The first-order chi connectivity index (χ1) is 12.4. The summed E-state index contributed by atoms with van der Waals surface area (Å²) in [5.41, 5.74) is 3.42. The number of nitrogens with one attached hydrogen (secondary N) is 1. The summed E-state index contributed by atoms with van der Waals surface area (Å²) in [5.74, 6) is 2.44. The van der Waals surface area contributed by atoms with E-state index in [1.54, 1.807) is 7.11 Å². The van der Waals surface area contributed by atoms with Crippen molar-refractivity contribution >= 4 is 11.5 Å². The van der Waals surface area contributed by atoms with Crippen LogP contribution in [0.2, 0.25) is 0 Å². The largest absolute Gasteiger partial charge is 0.497 e. The van der Waals surface area contributed by atoms with Crippen LogP contribution in [0.1, 0.15) is 44.7 Å². The molecule has 0 saturated heterocycles. The summed E-state index contributed by atoms with van der Waals surface area (Å²) in [6, 6.07) is 18.8. The third kappa shape index (κ3) is 4.16. The average molecular weight is 348 g/mol. The van der Waals surface area contributed by atoms with Crippen molar-refractivity contribution in [3.05, 3.63) is 71.8 Å². The van der Waals surface area contributed by atoms with E-state index < -0.39 is 0 Å².